The Morgan fingerprint density at radius 2 is 2.43 bits per heavy atom. The Hall–Kier alpha value is 0.360. The first-order valence-corrected chi connectivity index (χ1v) is 1.47. The smallest absolute Gasteiger partial charge is 1.00 e. The van der Waals surface area contributed by atoms with Crippen LogP contribution in [0.5, 0.6) is 0 Å². The van der Waals surface area contributed by atoms with Crippen molar-refractivity contribution in [3.63, 3.8) is 0 Å². The van der Waals surface area contributed by atoms with Gasteiger partial charge in [0.15, 0.2) is 5.34 Å². The van der Waals surface area contributed by atoms with E-state index >= 15 is 0 Å². The fourth-order valence-corrected chi connectivity index (χ4v) is 0.0781. The van der Waals surface area contributed by atoms with Crippen LogP contribution >= 0.6 is 0 Å². The zero-order valence-electron chi connectivity index (χ0n) is 5.13. The Morgan fingerprint density at radius 1 is 1.86 bits per heavy atom. The molecule has 0 fully saturated rings. The predicted octanol–water partition coefficient (Wildman–Crippen LogP) is -3.21. The van der Waals surface area contributed by atoms with Gasteiger partial charge in [-0.3, -0.25) is 0 Å². The van der Waals surface area contributed by atoms with Crippen molar-refractivity contribution in [2.45, 2.75) is 0 Å². The Bertz CT molecular complexity index is 46.3. The third-order valence-corrected chi connectivity index (χ3v) is 0.235. The molecule has 0 aliphatic rings. The second-order valence-corrected chi connectivity index (χ2v) is 0.631. The largest absolute Gasteiger partial charge is 1.00 e. The summed E-state index contributed by atoms with van der Waals surface area (Å²) in [7, 11) is 0. The first kappa shape index (κ1) is 10.4. The summed E-state index contributed by atoms with van der Waals surface area (Å²) in [6, 6.07) is 0. The fraction of sp³-hybridized carbons (Fsp3) is 1.00. The van der Waals surface area contributed by atoms with Gasteiger partial charge in [0.05, 0.1) is 6.61 Å². The van der Waals surface area contributed by atoms with Crippen LogP contribution in [0.15, 0.2) is 5.34 Å². The number of nitrogens with zero attached hydrogens (tertiary/aromatic N) is 1. The molecule has 0 aromatic rings. The second kappa shape index (κ2) is 9.61. The van der Waals surface area contributed by atoms with E-state index in [1.807, 2.05) is 5.34 Å². The van der Waals surface area contributed by atoms with E-state index in [0.29, 0.717) is 0 Å². The topological polar surface area (TPSA) is 58.9 Å². The molecule has 0 atom stereocenters. The quantitative estimate of drug-likeness (QED) is 0.182. The second-order valence-electron chi connectivity index (χ2n) is 0.631. The van der Waals surface area contributed by atoms with Crippen molar-refractivity contribution in [3.8, 4) is 0 Å². The van der Waals surface area contributed by atoms with Crippen LogP contribution in [0.3, 0.4) is 0 Å². The molecule has 5 heteroatoms. The third-order valence-electron chi connectivity index (χ3n) is 0.235. The molecule has 4 nitrogen and oxygen atoms in total. The molecule has 0 aliphatic carbocycles. The van der Waals surface area contributed by atoms with E-state index in [1.54, 1.807) is 0 Å². The summed E-state index contributed by atoms with van der Waals surface area (Å²) < 4.78 is 0. The maximum absolute atomic E-state index is 8.98. The van der Waals surface area contributed by atoms with Crippen molar-refractivity contribution in [2.75, 3.05) is 13.2 Å². The summed E-state index contributed by atoms with van der Waals surface area (Å²) in [5.41, 5.74) is 0. The van der Waals surface area contributed by atoms with E-state index in [1.165, 1.54) is 0 Å². The standard InChI is InChI=1S/C2H5NO3.Na.H/c4-1-2-6-3-5;;/h4H,1-2H2;;/q;+1;-1. The van der Waals surface area contributed by atoms with E-state index in [-0.39, 0.29) is 44.2 Å². The molecule has 38 valence electrons. The molecule has 0 spiro atoms. The molecule has 0 aliphatic heterocycles. The van der Waals surface area contributed by atoms with Crippen LogP contribution in [0, 0.1) is 4.91 Å². The van der Waals surface area contributed by atoms with Gasteiger partial charge in [-0.05, 0) is 0 Å². The zero-order chi connectivity index (χ0) is 4.83. The molecule has 0 aromatic carbocycles. The van der Waals surface area contributed by atoms with Crippen LogP contribution in [-0.4, -0.2) is 18.3 Å². The van der Waals surface area contributed by atoms with Gasteiger partial charge in [-0.15, -0.1) is 4.91 Å². The molecule has 0 amide bonds. The SMILES string of the molecule is O=NOCCO.[H-].[Na+]. The van der Waals surface area contributed by atoms with Crippen LogP contribution in [-0.2, 0) is 4.84 Å². The number of hydrogen-bond acceptors (Lipinski definition) is 4. The molecule has 1 N–H and O–H groups in total. The molecule has 0 unspecified atom stereocenters. The zero-order valence-corrected chi connectivity index (χ0v) is 6.13. The van der Waals surface area contributed by atoms with Crippen molar-refractivity contribution in [2.24, 2.45) is 5.34 Å². The first-order chi connectivity index (χ1) is 2.91. The van der Waals surface area contributed by atoms with Crippen molar-refractivity contribution < 1.29 is 40.9 Å². The van der Waals surface area contributed by atoms with Gasteiger partial charge in [0.2, 0.25) is 0 Å². The summed E-state index contributed by atoms with van der Waals surface area (Å²) in [4.78, 5) is 12.8. The minimum absolute atomic E-state index is 0. The number of aliphatic hydroxyl groups excluding tert-OH is 1. The summed E-state index contributed by atoms with van der Waals surface area (Å²) in [6.07, 6.45) is 0. The van der Waals surface area contributed by atoms with E-state index in [2.05, 4.69) is 4.84 Å². The maximum Gasteiger partial charge on any atom is 1.00 e. The molecule has 0 rings (SSSR count). The van der Waals surface area contributed by atoms with Gasteiger partial charge in [-0.2, -0.15) is 0 Å². The molecule has 0 saturated heterocycles. The summed E-state index contributed by atoms with van der Waals surface area (Å²) >= 11 is 0. The van der Waals surface area contributed by atoms with Gasteiger partial charge >= 0.3 is 29.6 Å². The van der Waals surface area contributed by atoms with E-state index < -0.39 is 0 Å². The minimum Gasteiger partial charge on any atom is -1.00 e. The van der Waals surface area contributed by atoms with Crippen molar-refractivity contribution in [3.05, 3.63) is 4.91 Å². The molecule has 0 bridgehead atoms. The van der Waals surface area contributed by atoms with E-state index in [4.69, 9.17) is 10.0 Å². The molecular formula is C2H6NNaO3. The van der Waals surface area contributed by atoms with Gasteiger partial charge in [-0.1, -0.05) is 0 Å². The Kier molecular flexibility index (Phi) is 14.2. The average Bonchev–Trinajstić information content (AvgIpc) is 1.61. The van der Waals surface area contributed by atoms with Gasteiger partial charge in [0, 0.05) is 0 Å². The maximum atomic E-state index is 8.98. The fourth-order valence-electron chi connectivity index (χ4n) is 0.0781. The number of rotatable bonds is 3. The predicted molar refractivity (Wildman–Crippen MR) is 19.9 cm³/mol. The van der Waals surface area contributed by atoms with Gasteiger partial charge in [-0.25, -0.2) is 0 Å². The monoisotopic (exact) mass is 115 g/mol. The van der Waals surface area contributed by atoms with Crippen LogP contribution in [0.25, 0.3) is 0 Å². The summed E-state index contributed by atoms with van der Waals surface area (Å²) in [6.45, 7) is -0.171. The van der Waals surface area contributed by atoms with E-state index in [0.717, 1.165) is 0 Å². The Balaban J connectivity index is -0.000000125. The Morgan fingerprint density at radius 3 is 2.57 bits per heavy atom. The van der Waals surface area contributed by atoms with Crippen LogP contribution in [0.2, 0.25) is 0 Å². The third kappa shape index (κ3) is 10.7. The molecule has 0 aromatic heterocycles. The van der Waals surface area contributed by atoms with Crippen LogP contribution in [0.1, 0.15) is 1.43 Å². The normalized spacial score (nSPS) is 6.43. The van der Waals surface area contributed by atoms with Crippen molar-refractivity contribution in [1.29, 1.82) is 0 Å². The van der Waals surface area contributed by atoms with Crippen molar-refractivity contribution >= 4 is 0 Å². The molecule has 0 radical (unpaired) electrons. The summed E-state index contributed by atoms with van der Waals surface area (Å²) in [5, 5.41) is 9.89. The molecule has 0 saturated carbocycles. The molecule has 7 heavy (non-hydrogen) atoms. The minimum atomic E-state index is -0.161. The van der Waals surface area contributed by atoms with Crippen LogP contribution in [0.4, 0.5) is 0 Å². The number of aliphatic hydroxyl groups is 1. The first-order valence-electron chi connectivity index (χ1n) is 1.47. The van der Waals surface area contributed by atoms with Gasteiger partial charge < -0.3 is 11.4 Å². The number of hydrogen-bond donors (Lipinski definition) is 1. The van der Waals surface area contributed by atoms with Crippen molar-refractivity contribution in [1.82, 2.24) is 0 Å². The van der Waals surface area contributed by atoms with Gasteiger partial charge in [0.1, 0.15) is 6.61 Å². The average molecular weight is 115 g/mol. The molecule has 0 heterocycles. The summed E-state index contributed by atoms with van der Waals surface area (Å²) in [5.74, 6) is 0. The van der Waals surface area contributed by atoms with Crippen LogP contribution < -0.4 is 29.6 Å². The molecular weight excluding hydrogens is 109 g/mol. The Labute approximate surface area is 64.6 Å². The van der Waals surface area contributed by atoms with E-state index in [9.17, 15) is 0 Å². The van der Waals surface area contributed by atoms with Gasteiger partial charge in [0.25, 0.3) is 0 Å².